The third-order valence-corrected chi connectivity index (χ3v) is 2.92. The summed E-state index contributed by atoms with van der Waals surface area (Å²) < 4.78 is 20.7. The van der Waals surface area contributed by atoms with Crippen molar-refractivity contribution < 1.29 is 23.7 Å². The first-order chi connectivity index (χ1) is 10.7. The molecule has 0 N–H and O–H groups in total. The van der Waals surface area contributed by atoms with E-state index in [0.29, 0.717) is 36.0 Å². The standard InChI is InChI=1S/C17H18O5/c1-19-11-12-21-15-5-3-13(4-6-15)17(18)22-16-9-7-14(20-2)8-10-16/h3-10H,11-12H2,1-2H3. The third kappa shape index (κ3) is 4.49. The zero-order chi connectivity index (χ0) is 15.8. The van der Waals surface area contributed by atoms with Crippen molar-refractivity contribution >= 4 is 5.97 Å². The van der Waals surface area contributed by atoms with Crippen molar-refractivity contribution in [2.45, 2.75) is 0 Å². The van der Waals surface area contributed by atoms with E-state index in [1.54, 1.807) is 62.8 Å². The molecule has 0 heterocycles. The number of ether oxygens (including phenoxy) is 4. The zero-order valence-corrected chi connectivity index (χ0v) is 12.6. The van der Waals surface area contributed by atoms with E-state index in [1.165, 1.54) is 0 Å². The van der Waals surface area contributed by atoms with Crippen LogP contribution < -0.4 is 14.2 Å². The Labute approximate surface area is 129 Å². The monoisotopic (exact) mass is 302 g/mol. The number of benzene rings is 2. The van der Waals surface area contributed by atoms with Gasteiger partial charge in [-0.1, -0.05) is 0 Å². The van der Waals surface area contributed by atoms with Crippen LogP contribution >= 0.6 is 0 Å². The maximum absolute atomic E-state index is 12.0. The Morgan fingerprint density at radius 2 is 1.41 bits per heavy atom. The largest absolute Gasteiger partial charge is 0.497 e. The van der Waals surface area contributed by atoms with E-state index >= 15 is 0 Å². The number of carbonyl (C=O) groups excluding carboxylic acids is 1. The van der Waals surface area contributed by atoms with Gasteiger partial charge in [-0.05, 0) is 48.5 Å². The van der Waals surface area contributed by atoms with Crippen molar-refractivity contribution in [3.05, 3.63) is 54.1 Å². The third-order valence-electron chi connectivity index (χ3n) is 2.92. The fourth-order valence-corrected chi connectivity index (χ4v) is 1.74. The maximum Gasteiger partial charge on any atom is 0.343 e. The van der Waals surface area contributed by atoms with Crippen LogP contribution in [0.25, 0.3) is 0 Å². The van der Waals surface area contributed by atoms with Crippen molar-refractivity contribution in [3.8, 4) is 17.2 Å². The summed E-state index contributed by atoms with van der Waals surface area (Å²) >= 11 is 0. The number of hydrogen-bond acceptors (Lipinski definition) is 5. The molecule has 0 spiro atoms. The molecule has 0 fully saturated rings. The van der Waals surface area contributed by atoms with Gasteiger partial charge in [0.2, 0.25) is 0 Å². The minimum absolute atomic E-state index is 0.423. The van der Waals surface area contributed by atoms with Crippen LogP contribution in [0.15, 0.2) is 48.5 Å². The highest BCUT2D eigenvalue weighted by atomic mass is 16.5. The smallest absolute Gasteiger partial charge is 0.343 e. The van der Waals surface area contributed by atoms with E-state index in [0.717, 1.165) is 0 Å². The normalized spacial score (nSPS) is 10.1. The first-order valence-electron chi connectivity index (χ1n) is 6.81. The second-order valence-electron chi connectivity index (χ2n) is 4.43. The van der Waals surface area contributed by atoms with Crippen LogP contribution in [0.1, 0.15) is 10.4 Å². The summed E-state index contributed by atoms with van der Waals surface area (Å²) in [7, 11) is 3.19. The maximum atomic E-state index is 12.0. The van der Waals surface area contributed by atoms with Gasteiger partial charge in [-0.3, -0.25) is 0 Å². The number of methoxy groups -OCH3 is 2. The summed E-state index contributed by atoms with van der Waals surface area (Å²) in [6, 6.07) is 13.6. The number of carbonyl (C=O) groups is 1. The Kier molecular flexibility index (Phi) is 5.80. The summed E-state index contributed by atoms with van der Waals surface area (Å²) in [6.45, 7) is 0.980. The molecule has 0 unspecified atom stereocenters. The van der Waals surface area contributed by atoms with E-state index in [-0.39, 0.29) is 0 Å². The number of rotatable bonds is 7. The molecule has 22 heavy (non-hydrogen) atoms. The molecule has 0 aliphatic carbocycles. The van der Waals surface area contributed by atoms with Crippen LogP contribution in [0.4, 0.5) is 0 Å². The van der Waals surface area contributed by atoms with Crippen LogP contribution in [0.2, 0.25) is 0 Å². The zero-order valence-electron chi connectivity index (χ0n) is 12.6. The summed E-state index contributed by atoms with van der Waals surface area (Å²) in [5.41, 5.74) is 0.454. The fourth-order valence-electron chi connectivity index (χ4n) is 1.74. The molecule has 0 bridgehead atoms. The van der Waals surface area contributed by atoms with Crippen molar-refractivity contribution in [3.63, 3.8) is 0 Å². The Bertz CT molecular complexity index is 589. The van der Waals surface area contributed by atoms with Gasteiger partial charge in [-0.25, -0.2) is 4.79 Å². The second kappa shape index (κ2) is 8.05. The van der Waals surface area contributed by atoms with Crippen LogP contribution in [0.5, 0.6) is 17.2 Å². The summed E-state index contributed by atoms with van der Waals surface area (Å²) in [4.78, 5) is 12.0. The minimum atomic E-state index is -0.423. The van der Waals surface area contributed by atoms with E-state index < -0.39 is 5.97 Å². The first kappa shape index (κ1) is 15.9. The van der Waals surface area contributed by atoms with Crippen LogP contribution in [-0.2, 0) is 4.74 Å². The lowest BCUT2D eigenvalue weighted by atomic mass is 10.2. The van der Waals surface area contributed by atoms with Gasteiger partial charge in [0, 0.05) is 7.11 Å². The van der Waals surface area contributed by atoms with Gasteiger partial charge in [0.25, 0.3) is 0 Å². The van der Waals surface area contributed by atoms with Gasteiger partial charge in [0.05, 0.1) is 19.3 Å². The first-order valence-corrected chi connectivity index (χ1v) is 6.81. The highest BCUT2D eigenvalue weighted by Crippen LogP contribution is 2.19. The van der Waals surface area contributed by atoms with Crippen LogP contribution in [-0.4, -0.2) is 33.4 Å². The summed E-state index contributed by atoms with van der Waals surface area (Å²) in [6.07, 6.45) is 0. The Morgan fingerprint density at radius 3 is 2.00 bits per heavy atom. The molecule has 5 heteroatoms. The van der Waals surface area contributed by atoms with Crippen LogP contribution in [0.3, 0.4) is 0 Å². The number of esters is 1. The topological polar surface area (TPSA) is 54.0 Å². The van der Waals surface area contributed by atoms with Gasteiger partial charge in [-0.2, -0.15) is 0 Å². The molecule has 0 aliphatic heterocycles. The molecule has 0 amide bonds. The molecule has 5 nitrogen and oxygen atoms in total. The van der Waals surface area contributed by atoms with Crippen molar-refractivity contribution in [2.75, 3.05) is 27.4 Å². The predicted octanol–water partition coefficient (Wildman–Crippen LogP) is 2.94. The summed E-state index contributed by atoms with van der Waals surface area (Å²) in [5.74, 6) is 1.43. The van der Waals surface area contributed by atoms with E-state index in [4.69, 9.17) is 18.9 Å². The van der Waals surface area contributed by atoms with E-state index in [2.05, 4.69) is 0 Å². The quantitative estimate of drug-likeness (QED) is 0.447. The summed E-state index contributed by atoms with van der Waals surface area (Å²) in [5, 5.41) is 0. The van der Waals surface area contributed by atoms with Gasteiger partial charge in [0.15, 0.2) is 0 Å². The predicted molar refractivity (Wildman–Crippen MR) is 81.8 cm³/mol. The molecular formula is C17H18O5. The molecule has 0 aliphatic rings. The van der Waals surface area contributed by atoms with Gasteiger partial charge < -0.3 is 18.9 Å². The van der Waals surface area contributed by atoms with Crippen molar-refractivity contribution in [2.24, 2.45) is 0 Å². The minimum Gasteiger partial charge on any atom is -0.497 e. The fraction of sp³-hybridized carbons (Fsp3) is 0.235. The average Bonchev–Trinajstić information content (AvgIpc) is 2.56. The lowest BCUT2D eigenvalue weighted by Crippen LogP contribution is -2.09. The lowest BCUT2D eigenvalue weighted by molar-refractivity contribution is 0.0734. The second-order valence-corrected chi connectivity index (χ2v) is 4.43. The molecule has 116 valence electrons. The van der Waals surface area contributed by atoms with Gasteiger partial charge >= 0.3 is 5.97 Å². The molecule has 0 radical (unpaired) electrons. The van der Waals surface area contributed by atoms with E-state index in [9.17, 15) is 4.79 Å². The molecule has 0 saturated heterocycles. The van der Waals surface area contributed by atoms with Crippen LogP contribution in [0, 0.1) is 0 Å². The highest BCUT2D eigenvalue weighted by Gasteiger charge is 2.09. The lowest BCUT2D eigenvalue weighted by Gasteiger charge is -2.07. The molecule has 0 saturated carbocycles. The highest BCUT2D eigenvalue weighted by molar-refractivity contribution is 5.91. The molecule has 2 aromatic carbocycles. The molecule has 0 aromatic heterocycles. The van der Waals surface area contributed by atoms with Crippen molar-refractivity contribution in [1.82, 2.24) is 0 Å². The molecule has 2 rings (SSSR count). The molecule has 2 aromatic rings. The Balaban J connectivity index is 1.94. The number of hydrogen-bond donors (Lipinski definition) is 0. The molecule has 0 atom stereocenters. The van der Waals surface area contributed by atoms with Gasteiger partial charge in [-0.15, -0.1) is 0 Å². The van der Waals surface area contributed by atoms with E-state index in [1.807, 2.05) is 0 Å². The van der Waals surface area contributed by atoms with Crippen molar-refractivity contribution in [1.29, 1.82) is 0 Å². The average molecular weight is 302 g/mol. The van der Waals surface area contributed by atoms with Gasteiger partial charge in [0.1, 0.15) is 23.9 Å². The Morgan fingerprint density at radius 1 is 0.818 bits per heavy atom. The Hall–Kier alpha value is -2.53. The molecular weight excluding hydrogens is 284 g/mol. The SMILES string of the molecule is COCCOc1ccc(C(=O)Oc2ccc(OC)cc2)cc1.